The van der Waals surface area contributed by atoms with E-state index in [1.165, 1.54) is 0 Å². The molecule has 1 aromatic rings. The maximum Gasteiger partial charge on any atom is 0.123 e. The lowest BCUT2D eigenvalue weighted by molar-refractivity contribution is -0.110. The first-order valence-electron chi connectivity index (χ1n) is 4.13. The van der Waals surface area contributed by atoms with Gasteiger partial charge in [-0.15, -0.1) is 0 Å². The van der Waals surface area contributed by atoms with Gasteiger partial charge in [0.05, 0.1) is 10.7 Å². The molecule has 0 bridgehead atoms. The van der Waals surface area contributed by atoms with E-state index in [2.05, 4.69) is 0 Å². The van der Waals surface area contributed by atoms with Crippen LogP contribution in [0.3, 0.4) is 0 Å². The molecule has 0 aromatic heterocycles. The van der Waals surface area contributed by atoms with Crippen molar-refractivity contribution in [3.63, 3.8) is 0 Å². The molecule has 3 heteroatoms. The van der Waals surface area contributed by atoms with Crippen molar-refractivity contribution in [1.82, 2.24) is 0 Å². The van der Waals surface area contributed by atoms with Crippen LogP contribution in [-0.4, -0.2) is 6.29 Å². The number of carbonyl (C=O) groups is 1. The third-order valence-corrected chi connectivity index (χ3v) is 2.25. The van der Waals surface area contributed by atoms with Crippen molar-refractivity contribution in [2.24, 2.45) is 5.92 Å². The maximum absolute atomic E-state index is 10.4. The first kappa shape index (κ1) is 10.1. The molecule has 1 atom stereocenters. The maximum atomic E-state index is 10.4. The number of para-hydroxylation sites is 1. The highest BCUT2D eigenvalue weighted by molar-refractivity contribution is 6.33. The molecule has 1 aromatic carbocycles. The average molecular weight is 198 g/mol. The minimum absolute atomic E-state index is 0.0132. The molecule has 2 N–H and O–H groups in total. The predicted molar refractivity (Wildman–Crippen MR) is 54.8 cm³/mol. The van der Waals surface area contributed by atoms with Gasteiger partial charge in [-0.3, -0.25) is 0 Å². The van der Waals surface area contributed by atoms with Gasteiger partial charge >= 0.3 is 0 Å². The summed E-state index contributed by atoms with van der Waals surface area (Å²) < 4.78 is 0. The molecule has 0 aliphatic rings. The minimum atomic E-state index is -0.0132. The Morgan fingerprint density at radius 1 is 1.62 bits per heavy atom. The molecule has 0 amide bonds. The van der Waals surface area contributed by atoms with Gasteiger partial charge in [-0.2, -0.15) is 0 Å². The van der Waals surface area contributed by atoms with Gasteiger partial charge in [0.2, 0.25) is 0 Å². The fraction of sp³-hybridized carbons (Fsp3) is 0.300. The van der Waals surface area contributed by atoms with E-state index < -0.39 is 0 Å². The first-order chi connectivity index (χ1) is 6.15. The SMILES string of the molecule is CC(C=O)Cc1cccc(Cl)c1N. The van der Waals surface area contributed by atoms with Gasteiger partial charge in [-0.25, -0.2) is 0 Å². The van der Waals surface area contributed by atoms with E-state index in [-0.39, 0.29) is 5.92 Å². The van der Waals surface area contributed by atoms with E-state index >= 15 is 0 Å². The van der Waals surface area contributed by atoms with Gasteiger partial charge in [0.15, 0.2) is 0 Å². The molecule has 1 rings (SSSR count). The number of nitrogens with two attached hydrogens (primary N) is 1. The lowest BCUT2D eigenvalue weighted by atomic mass is 10.0. The standard InChI is InChI=1S/C10H12ClNO/c1-7(6-13)5-8-3-2-4-9(11)10(8)12/h2-4,6-7H,5,12H2,1H3. The summed E-state index contributed by atoms with van der Waals surface area (Å²) in [7, 11) is 0. The zero-order valence-electron chi connectivity index (χ0n) is 7.46. The number of aldehydes is 1. The Morgan fingerprint density at radius 3 is 2.92 bits per heavy atom. The van der Waals surface area contributed by atoms with Gasteiger partial charge in [-0.05, 0) is 18.1 Å². The van der Waals surface area contributed by atoms with Crippen LogP contribution in [0.15, 0.2) is 18.2 Å². The monoisotopic (exact) mass is 197 g/mol. The van der Waals surface area contributed by atoms with Crippen molar-refractivity contribution in [1.29, 1.82) is 0 Å². The zero-order chi connectivity index (χ0) is 9.84. The van der Waals surface area contributed by atoms with Crippen LogP contribution in [-0.2, 0) is 11.2 Å². The molecule has 0 heterocycles. The van der Waals surface area contributed by atoms with Gasteiger partial charge < -0.3 is 10.5 Å². The van der Waals surface area contributed by atoms with Crippen LogP contribution in [0.25, 0.3) is 0 Å². The smallest absolute Gasteiger partial charge is 0.123 e. The molecule has 0 saturated carbocycles. The third-order valence-electron chi connectivity index (χ3n) is 1.92. The van der Waals surface area contributed by atoms with Crippen molar-refractivity contribution in [3.05, 3.63) is 28.8 Å². The van der Waals surface area contributed by atoms with Crippen LogP contribution in [0.2, 0.25) is 5.02 Å². The van der Waals surface area contributed by atoms with Crippen LogP contribution in [0.5, 0.6) is 0 Å². The predicted octanol–water partition coefficient (Wildman–Crippen LogP) is 2.30. The molecule has 2 nitrogen and oxygen atoms in total. The summed E-state index contributed by atoms with van der Waals surface area (Å²) in [4.78, 5) is 10.4. The van der Waals surface area contributed by atoms with E-state index in [4.69, 9.17) is 17.3 Å². The molecule has 0 fully saturated rings. The summed E-state index contributed by atoms with van der Waals surface area (Å²) in [6.45, 7) is 1.85. The van der Waals surface area contributed by atoms with Crippen LogP contribution >= 0.6 is 11.6 Å². The summed E-state index contributed by atoms with van der Waals surface area (Å²) in [6, 6.07) is 5.47. The molecule has 1 unspecified atom stereocenters. The van der Waals surface area contributed by atoms with Crippen molar-refractivity contribution in [2.45, 2.75) is 13.3 Å². The average Bonchev–Trinajstić information content (AvgIpc) is 2.13. The van der Waals surface area contributed by atoms with Crippen LogP contribution in [0.1, 0.15) is 12.5 Å². The highest BCUT2D eigenvalue weighted by Gasteiger charge is 2.06. The molecule has 0 saturated heterocycles. The van der Waals surface area contributed by atoms with Gasteiger partial charge in [-0.1, -0.05) is 30.7 Å². The number of rotatable bonds is 3. The number of benzene rings is 1. The fourth-order valence-electron chi connectivity index (χ4n) is 1.15. The van der Waals surface area contributed by atoms with E-state index in [0.717, 1.165) is 11.8 Å². The lowest BCUT2D eigenvalue weighted by Crippen LogP contribution is -2.03. The molecule has 70 valence electrons. The quantitative estimate of drug-likeness (QED) is 0.597. The number of carbonyl (C=O) groups excluding carboxylic acids is 1. The Hall–Kier alpha value is -1.02. The van der Waals surface area contributed by atoms with E-state index in [0.29, 0.717) is 17.1 Å². The van der Waals surface area contributed by atoms with Gasteiger partial charge in [0.25, 0.3) is 0 Å². The Kier molecular flexibility index (Phi) is 3.32. The third kappa shape index (κ3) is 2.46. The van der Waals surface area contributed by atoms with Crippen molar-refractivity contribution in [2.75, 3.05) is 5.73 Å². The van der Waals surface area contributed by atoms with Gasteiger partial charge in [0.1, 0.15) is 6.29 Å². The second kappa shape index (κ2) is 4.28. The van der Waals surface area contributed by atoms with E-state index in [1.54, 1.807) is 6.07 Å². The fourth-order valence-corrected chi connectivity index (χ4v) is 1.35. The molecular formula is C10H12ClNO. The topological polar surface area (TPSA) is 43.1 Å². The summed E-state index contributed by atoms with van der Waals surface area (Å²) in [5, 5.41) is 0.551. The second-order valence-corrected chi connectivity index (χ2v) is 3.54. The summed E-state index contributed by atoms with van der Waals surface area (Å²) in [5.41, 5.74) is 7.26. The molecule has 0 aliphatic carbocycles. The largest absolute Gasteiger partial charge is 0.397 e. The van der Waals surface area contributed by atoms with Crippen molar-refractivity contribution < 1.29 is 4.79 Å². The minimum Gasteiger partial charge on any atom is -0.397 e. The number of hydrogen-bond donors (Lipinski definition) is 1. The Balaban J connectivity index is 2.88. The van der Waals surface area contributed by atoms with Crippen molar-refractivity contribution in [3.8, 4) is 0 Å². The Bertz CT molecular complexity index is 312. The Morgan fingerprint density at radius 2 is 2.31 bits per heavy atom. The first-order valence-corrected chi connectivity index (χ1v) is 4.51. The van der Waals surface area contributed by atoms with Crippen LogP contribution in [0, 0.1) is 5.92 Å². The van der Waals surface area contributed by atoms with Crippen molar-refractivity contribution >= 4 is 23.6 Å². The highest BCUT2D eigenvalue weighted by atomic mass is 35.5. The van der Waals surface area contributed by atoms with E-state index in [1.807, 2.05) is 19.1 Å². The molecule has 13 heavy (non-hydrogen) atoms. The number of halogens is 1. The van der Waals surface area contributed by atoms with Gasteiger partial charge in [0, 0.05) is 5.92 Å². The number of nitrogen functional groups attached to an aromatic ring is 1. The summed E-state index contributed by atoms with van der Waals surface area (Å²) in [6.07, 6.45) is 1.57. The Labute approximate surface area is 82.7 Å². The second-order valence-electron chi connectivity index (χ2n) is 3.13. The van der Waals surface area contributed by atoms with E-state index in [9.17, 15) is 4.79 Å². The summed E-state index contributed by atoms with van der Waals surface area (Å²) >= 11 is 5.83. The normalized spacial score (nSPS) is 12.5. The zero-order valence-corrected chi connectivity index (χ0v) is 8.21. The number of anilines is 1. The van der Waals surface area contributed by atoms with Crippen LogP contribution in [0.4, 0.5) is 5.69 Å². The molecule has 0 radical (unpaired) electrons. The lowest BCUT2D eigenvalue weighted by Gasteiger charge is -2.08. The number of hydrogen-bond acceptors (Lipinski definition) is 2. The molecule has 0 spiro atoms. The molecular weight excluding hydrogens is 186 g/mol. The molecule has 0 aliphatic heterocycles. The summed E-state index contributed by atoms with van der Waals surface area (Å²) in [5.74, 6) is -0.0132. The highest BCUT2D eigenvalue weighted by Crippen LogP contribution is 2.24. The van der Waals surface area contributed by atoms with Crippen LogP contribution < -0.4 is 5.73 Å².